The first kappa shape index (κ1) is 22.7. The summed E-state index contributed by atoms with van der Waals surface area (Å²) in [7, 11) is 0. The lowest BCUT2D eigenvalue weighted by Gasteiger charge is -2.28. The van der Waals surface area contributed by atoms with Crippen LogP contribution in [0.1, 0.15) is 105 Å². The molecule has 2 aromatic carbocycles. The second-order valence-electron chi connectivity index (χ2n) is 13.0. The lowest BCUT2D eigenvalue weighted by Crippen LogP contribution is -2.19. The Balaban J connectivity index is 2.53. The average molecular weight is 405 g/mol. The SMILES string of the molecule is CC(C)(C)c1cc(C(C)(C)C)c2nc3c(C(C)(C)C)cc(C(C)(C)C)cc3nc2c1. The van der Waals surface area contributed by atoms with Gasteiger partial charge in [0.15, 0.2) is 0 Å². The van der Waals surface area contributed by atoms with Crippen LogP contribution in [0, 0.1) is 0 Å². The zero-order valence-electron chi connectivity index (χ0n) is 21.2. The number of rotatable bonds is 0. The van der Waals surface area contributed by atoms with Crippen LogP contribution in [0.2, 0.25) is 0 Å². The van der Waals surface area contributed by atoms with Crippen LogP contribution in [0.15, 0.2) is 24.3 Å². The van der Waals surface area contributed by atoms with E-state index in [1.807, 2.05) is 0 Å². The third-order valence-corrected chi connectivity index (χ3v) is 5.99. The molecular formula is C28H40N2. The van der Waals surface area contributed by atoms with E-state index >= 15 is 0 Å². The Bertz CT molecular complexity index is 1020. The highest BCUT2D eigenvalue weighted by atomic mass is 14.8. The number of nitrogens with zero attached hydrogens (tertiary/aromatic N) is 2. The molecule has 0 bridgehead atoms. The first-order valence-electron chi connectivity index (χ1n) is 11.2. The Morgan fingerprint density at radius 2 is 0.767 bits per heavy atom. The molecule has 0 N–H and O–H groups in total. The molecule has 0 aliphatic carbocycles. The maximum Gasteiger partial charge on any atom is 0.0932 e. The van der Waals surface area contributed by atoms with Crippen molar-refractivity contribution in [1.82, 2.24) is 9.97 Å². The van der Waals surface area contributed by atoms with Crippen molar-refractivity contribution in [2.75, 3.05) is 0 Å². The number of aromatic nitrogens is 2. The number of hydrogen-bond acceptors (Lipinski definition) is 2. The Morgan fingerprint density at radius 3 is 1.03 bits per heavy atom. The van der Waals surface area contributed by atoms with E-state index in [2.05, 4.69) is 107 Å². The van der Waals surface area contributed by atoms with Gasteiger partial charge in [0.1, 0.15) is 0 Å². The van der Waals surface area contributed by atoms with Crippen LogP contribution in [0.4, 0.5) is 0 Å². The highest BCUT2D eigenvalue weighted by Crippen LogP contribution is 2.38. The van der Waals surface area contributed by atoms with Crippen LogP contribution >= 0.6 is 0 Å². The molecule has 3 rings (SSSR count). The van der Waals surface area contributed by atoms with Crippen molar-refractivity contribution in [3.8, 4) is 0 Å². The fourth-order valence-corrected chi connectivity index (χ4v) is 3.89. The van der Waals surface area contributed by atoms with Crippen molar-refractivity contribution in [2.24, 2.45) is 0 Å². The third-order valence-electron chi connectivity index (χ3n) is 5.99. The van der Waals surface area contributed by atoms with E-state index in [1.54, 1.807) is 0 Å². The van der Waals surface area contributed by atoms with Crippen molar-refractivity contribution in [2.45, 2.75) is 105 Å². The van der Waals surface area contributed by atoms with Crippen molar-refractivity contribution in [1.29, 1.82) is 0 Å². The third kappa shape index (κ3) is 4.24. The molecule has 0 amide bonds. The zero-order chi connectivity index (χ0) is 22.9. The summed E-state index contributed by atoms with van der Waals surface area (Å²) in [6.07, 6.45) is 0. The zero-order valence-corrected chi connectivity index (χ0v) is 21.2. The minimum Gasteiger partial charge on any atom is -0.244 e. The number of fused-ring (bicyclic) bond motifs is 2. The normalized spacial score (nSPS) is 14.0. The summed E-state index contributed by atoms with van der Waals surface area (Å²) in [6, 6.07) is 9.20. The van der Waals surface area contributed by atoms with Gasteiger partial charge in [-0.1, -0.05) is 95.2 Å². The van der Waals surface area contributed by atoms with E-state index in [-0.39, 0.29) is 21.7 Å². The van der Waals surface area contributed by atoms with Crippen LogP contribution in [-0.2, 0) is 21.7 Å². The largest absolute Gasteiger partial charge is 0.244 e. The minimum absolute atomic E-state index is 0.00485. The molecule has 2 nitrogen and oxygen atoms in total. The van der Waals surface area contributed by atoms with Gasteiger partial charge in [-0.25, -0.2) is 9.97 Å². The quantitative estimate of drug-likeness (QED) is 0.355. The molecule has 3 aromatic rings. The Kier molecular flexibility index (Phi) is 5.13. The predicted octanol–water partition coefficient (Wildman–Crippen LogP) is 7.97. The van der Waals surface area contributed by atoms with Crippen LogP contribution in [0.3, 0.4) is 0 Å². The van der Waals surface area contributed by atoms with Gasteiger partial charge >= 0.3 is 0 Å². The van der Waals surface area contributed by atoms with Gasteiger partial charge < -0.3 is 0 Å². The topological polar surface area (TPSA) is 25.8 Å². The molecule has 0 spiro atoms. The minimum atomic E-state index is -0.00485. The van der Waals surface area contributed by atoms with E-state index < -0.39 is 0 Å². The van der Waals surface area contributed by atoms with E-state index in [4.69, 9.17) is 9.97 Å². The first-order valence-corrected chi connectivity index (χ1v) is 11.2. The molecule has 0 saturated carbocycles. The van der Waals surface area contributed by atoms with Gasteiger partial charge in [-0.2, -0.15) is 0 Å². The Labute approximate surface area is 183 Å². The van der Waals surface area contributed by atoms with Crippen LogP contribution < -0.4 is 0 Å². The molecule has 0 unspecified atom stereocenters. The molecule has 0 aliphatic heterocycles. The summed E-state index contributed by atoms with van der Waals surface area (Å²) in [5, 5.41) is 0. The molecule has 162 valence electrons. The Morgan fingerprint density at radius 1 is 0.433 bits per heavy atom. The molecule has 1 aromatic heterocycles. The van der Waals surface area contributed by atoms with Gasteiger partial charge in [-0.05, 0) is 56.0 Å². The number of benzene rings is 2. The molecule has 30 heavy (non-hydrogen) atoms. The van der Waals surface area contributed by atoms with Crippen molar-refractivity contribution >= 4 is 22.1 Å². The second kappa shape index (κ2) is 6.77. The standard InChI is InChI=1S/C28H40N2/c1-25(2,3)17-13-19(27(7,8)9)23-21(15-17)29-22-16-18(26(4,5)6)14-20(24(22)30-23)28(10,11)12/h13-16H,1-12H3. The summed E-state index contributed by atoms with van der Waals surface area (Å²) < 4.78 is 0. The molecular weight excluding hydrogens is 364 g/mol. The van der Waals surface area contributed by atoms with E-state index in [9.17, 15) is 0 Å². The van der Waals surface area contributed by atoms with Gasteiger partial charge in [0.25, 0.3) is 0 Å². The molecule has 2 heteroatoms. The molecule has 0 atom stereocenters. The molecule has 0 fully saturated rings. The van der Waals surface area contributed by atoms with Gasteiger partial charge in [0.2, 0.25) is 0 Å². The molecule has 0 radical (unpaired) electrons. The van der Waals surface area contributed by atoms with Gasteiger partial charge in [-0.3, -0.25) is 0 Å². The van der Waals surface area contributed by atoms with Crippen LogP contribution in [-0.4, -0.2) is 9.97 Å². The summed E-state index contributed by atoms with van der Waals surface area (Å²) >= 11 is 0. The van der Waals surface area contributed by atoms with Crippen LogP contribution in [0.5, 0.6) is 0 Å². The van der Waals surface area contributed by atoms with Crippen LogP contribution in [0.25, 0.3) is 22.1 Å². The molecule has 0 saturated heterocycles. The van der Waals surface area contributed by atoms with E-state index in [0.29, 0.717) is 0 Å². The van der Waals surface area contributed by atoms with E-state index in [1.165, 1.54) is 22.3 Å². The van der Waals surface area contributed by atoms with Gasteiger partial charge in [-0.15, -0.1) is 0 Å². The summed E-state index contributed by atoms with van der Waals surface area (Å²) in [5.74, 6) is 0. The lowest BCUT2D eigenvalue weighted by molar-refractivity contribution is 0.570. The monoisotopic (exact) mass is 404 g/mol. The fraction of sp³-hybridized carbons (Fsp3) is 0.571. The Hall–Kier alpha value is -1.96. The molecule has 0 aliphatic rings. The average Bonchev–Trinajstić information content (AvgIpc) is 2.54. The molecule has 1 heterocycles. The second-order valence-corrected chi connectivity index (χ2v) is 13.0. The van der Waals surface area contributed by atoms with Gasteiger partial charge in [0.05, 0.1) is 22.1 Å². The smallest absolute Gasteiger partial charge is 0.0932 e. The highest BCUT2D eigenvalue weighted by Gasteiger charge is 2.27. The highest BCUT2D eigenvalue weighted by molar-refractivity contribution is 5.91. The van der Waals surface area contributed by atoms with Crippen molar-refractivity contribution in [3.05, 3.63) is 46.5 Å². The summed E-state index contributed by atoms with van der Waals surface area (Å²) in [6.45, 7) is 27.2. The predicted molar refractivity (Wildman–Crippen MR) is 132 cm³/mol. The summed E-state index contributed by atoms with van der Waals surface area (Å²) in [5.41, 5.74) is 9.39. The van der Waals surface area contributed by atoms with Crippen molar-refractivity contribution in [3.63, 3.8) is 0 Å². The summed E-state index contributed by atoms with van der Waals surface area (Å²) in [4.78, 5) is 10.5. The maximum atomic E-state index is 5.29. The number of hydrogen-bond donors (Lipinski definition) is 0. The van der Waals surface area contributed by atoms with Gasteiger partial charge in [0, 0.05) is 0 Å². The fourth-order valence-electron chi connectivity index (χ4n) is 3.89. The first-order chi connectivity index (χ1) is 13.4. The lowest BCUT2D eigenvalue weighted by atomic mass is 9.79. The maximum absolute atomic E-state index is 5.29. The van der Waals surface area contributed by atoms with E-state index in [0.717, 1.165) is 22.1 Å². The van der Waals surface area contributed by atoms with Crippen molar-refractivity contribution < 1.29 is 0 Å².